The smallest absolute Gasteiger partial charge is 0.234 e. The molecule has 0 aliphatic carbocycles. The Balaban J connectivity index is 1.52. The zero-order valence-corrected chi connectivity index (χ0v) is 21.1. The second-order valence-corrected chi connectivity index (χ2v) is 9.18. The molecule has 35 heavy (non-hydrogen) atoms. The number of carbonyl (C=O) groups is 1. The van der Waals surface area contributed by atoms with Gasteiger partial charge in [-0.2, -0.15) is 0 Å². The number of carbonyl (C=O) groups excluding carboxylic acids is 1. The zero-order chi connectivity index (χ0) is 24.8. The molecule has 0 aliphatic heterocycles. The average molecular weight is 488 g/mol. The number of aryl methyl sites for hydroxylation is 2. The molecule has 0 saturated heterocycles. The van der Waals surface area contributed by atoms with Crippen LogP contribution in [0.2, 0.25) is 0 Å². The van der Waals surface area contributed by atoms with Crippen LogP contribution in [0.1, 0.15) is 22.5 Å². The zero-order valence-electron chi connectivity index (χ0n) is 20.3. The quantitative estimate of drug-likeness (QED) is 0.302. The molecule has 1 heterocycles. The van der Waals surface area contributed by atoms with Gasteiger partial charge in [0.25, 0.3) is 0 Å². The monoisotopic (exact) mass is 487 g/mol. The lowest BCUT2D eigenvalue weighted by atomic mass is 10.1. The number of methoxy groups -OCH3 is 1. The predicted octanol–water partition coefficient (Wildman–Crippen LogP) is 5.54. The molecule has 7 nitrogen and oxygen atoms in total. The Hall–Kier alpha value is -3.78. The Morgan fingerprint density at radius 1 is 0.971 bits per heavy atom. The van der Waals surface area contributed by atoms with Crippen molar-refractivity contribution in [3.63, 3.8) is 0 Å². The van der Waals surface area contributed by atoms with Gasteiger partial charge in [-0.1, -0.05) is 41.6 Å². The van der Waals surface area contributed by atoms with Crippen LogP contribution in [0.3, 0.4) is 0 Å². The molecule has 0 aliphatic rings. The number of benzene rings is 3. The number of amides is 1. The third kappa shape index (κ3) is 6.02. The maximum absolute atomic E-state index is 12.7. The number of ether oxygens (including phenoxy) is 1. The molecule has 0 atom stereocenters. The van der Waals surface area contributed by atoms with Gasteiger partial charge in [0, 0.05) is 17.1 Å². The predicted molar refractivity (Wildman–Crippen MR) is 142 cm³/mol. The van der Waals surface area contributed by atoms with Crippen LogP contribution < -0.4 is 15.4 Å². The van der Waals surface area contributed by atoms with Gasteiger partial charge >= 0.3 is 0 Å². The third-order valence-electron chi connectivity index (χ3n) is 5.74. The summed E-state index contributed by atoms with van der Waals surface area (Å²) in [5.41, 5.74) is 6.14. The Kier molecular flexibility index (Phi) is 7.72. The highest BCUT2D eigenvalue weighted by atomic mass is 32.2. The van der Waals surface area contributed by atoms with Crippen molar-refractivity contribution in [2.24, 2.45) is 0 Å². The molecule has 0 saturated carbocycles. The van der Waals surface area contributed by atoms with Crippen molar-refractivity contribution in [2.75, 3.05) is 23.5 Å². The first-order valence-corrected chi connectivity index (χ1v) is 12.3. The van der Waals surface area contributed by atoms with Crippen LogP contribution >= 0.6 is 11.8 Å². The highest BCUT2D eigenvalue weighted by molar-refractivity contribution is 7.99. The van der Waals surface area contributed by atoms with Crippen molar-refractivity contribution in [2.45, 2.75) is 32.5 Å². The van der Waals surface area contributed by atoms with Crippen molar-refractivity contribution in [3.8, 4) is 11.4 Å². The van der Waals surface area contributed by atoms with E-state index in [1.165, 1.54) is 17.3 Å². The fourth-order valence-corrected chi connectivity index (χ4v) is 4.33. The summed E-state index contributed by atoms with van der Waals surface area (Å²) in [5.74, 6) is 1.64. The van der Waals surface area contributed by atoms with E-state index >= 15 is 0 Å². The second kappa shape index (κ2) is 11.1. The first kappa shape index (κ1) is 24.3. The summed E-state index contributed by atoms with van der Waals surface area (Å²) in [4.78, 5) is 12.7. The van der Waals surface area contributed by atoms with Crippen molar-refractivity contribution in [1.82, 2.24) is 14.8 Å². The highest BCUT2D eigenvalue weighted by Crippen LogP contribution is 2.25. The van der Waals surface area contributed by atoms with Crippen LogP contribution in [0.15, 0.2) is 71.9 Å². The van der Waals surface area contributed by atoms with E-state index in [-0.39, 0.29) is 11.7 Å². The Morgan fingerprint density at radius 3 is 2.43 bits per heavy atom. The maximum atomic E-state index is 12.7. The number of nitrogens with one attached hydrogen (secondary N) is 2. The summed E-state index contributed by atoms with van der Waals surface area (Å²) in [7, 11) is 1.64. The third-order valence-corrected chi connectivity index (χ3v) is 6.67. The van der Waals surface area contributed by atoms with Crippen molar-refractivity contribution < 1.29 is 9.53 Å². The lowest BCUT2D eigenvalue weighted by molar-refractivity contribution is -0.113. The van der Waals surface area contributed by atoms with E-state index in [1.807, 2.05) is 73.0 Å². The van der Waals surface area contributed by atoms with Crippen LogP contribution in [0.5, 0.6) is 5.75 Å². The standard InChI is InChI=1S/C27H29N5O2S/c1-18-8-10-21(11-9-18)28-16-25-30-31-27(32(25)22-12-14-23(34-4)15-13-22)35-17-26(33)29-24-7-5-6-19(2)20(24)3/h5-15,28H,16-17H2,1-4H3,(H,29,33). The Bertz CT molecular complexity index is 1300. The van der Waals surface area contributed by atoms with E-state index in [9.17, 15) is 4.79 Å². The van der Waals surface area contributed by atoms with Gasteiger partial charge in [-0.05, 0) is 74.4 Å². The van der Waals surface area contributed by atoms with E-state index in [0.29, 0.717) is 11.7 Å². The molecule has 2 N–H and O–H groups in total. The SMILES string of the molecule is COc1ccc(-n2c(CNc3ccc(C)cc3)nnc2SCC(=O)Nc2cccc(C)c2C)cc1. The molecule has 1 amide bonds. The molecule has 1 aromatic heterocycles. The first-order valence-electron chi connectivity index (χ1n) is 11.3. The maximum Gasteiger partial charge on any atom is 0.234 e. The summed E-state index contributed by atoms with van der Waals surface area (Å²) in [6.07, 6.45) is 0. The molecule has 4 aromatic rings. The molecular formula is C27H29N5O2S. The van der Waals surface area contributed by atoms with E-state index in [2.05, 4.69) is 39.9 Å². The fourth-order valence-electron chi connectivity index (χ4n) is 3.55. The molecule has 0 bridgehead atoms. The molecular weight excluding hydrogens is 458 g/mol. The van der Waals surface area contributed by atoms with Crippen LogP contribution in [0, 0.1) is 20.8 Å². The molecule has 4 rings (SSSR count). The first-order chi connectivity index (χ1) is 16.9. The molecule has 3 aromatic carbocycles. The van der Waals surface area contributed by atoms with Crippen molar-refractivity contribution in [3.05, 3.63) is 89.2 Å². The van der Waals surface area contributed by atoms with Gasteiger partial charge < -0.3 is 15.4 Å². The van der Waals surface area contributed by atoms with Crippen molar-refractivity contribution in [1.29, 1.82) is 0 Å². The lowest BCUT2D eigenvalue weighted by Crippen LogP contribution is -2.16. The second-order valence-electron chi connectivity index (χ2n) is 8.24. The molecule has 0 fully saturated rings. The van der Waals surface area contributed by atoms with E-state index in [4.69, 9.17) is 4.74 Å². The summed E-state index contributed by atoms with van der Waals surface area (Å²) in [6, 6.07) is 21.8. The minimum Gasteiger partial charge on any atom is -0.497 e. The van der Waals surface area contributed by atoms with Crippen LogP contribution in [-0.2, 0) is 11.3 Å². The van der Waals surface area contributed by atoms with Crippen molar-refractivity contribution >= 4 is 29.0 Å². The van der Waals surface area contributed by atoms with Gasteiger partial charge in [-0.15, -0.1) is 10.2 Å². The van der Waals surface area contributed by atoms with Crippen LogP contribution in [-0.4, -0.2) is 33.5 Å². The normalized spacial score (nSPS) is 10.7. The summed E-state index contributed by atoms with van der Waals surface area (Å²) >= 11 is 1.35. The van der Waals surface area contributed by atoms with Gasteiger partial charge in [-0.25, -0.2) is 0 Å². The molecule has 180 valence electrons. The van der Waals surface area contributed by atoms with E-state index in [0.717, 1.165) is 39.8 Å². The van der Waals surface area contributed by atoms with Gasteiger partial charge in [0.2, 0.25) is 5.91 Å². The Morgan fingerprint density at radius 2 is 1.71 bits per heavy atom. The molecule has 0 spiro atoms. The number of anilines is 2. The topological polar surface area (TPSA) is 81.1 Å². The number of nitrogens with zero attached hydrogens (tertiary/aromatic N) is 3. The van der Waals surface area contributed by atoms with Gasteiger partial charge in [0.15, 0.2) is 11.0 Å². The number of hydrogen-bond acceptors (Lipinski definition) is 6. The highest BCUT2D eigenvalue weighted by Gasteiger charge is 2.17. The van der Waals surface area contributed by atoms with Gasteiger partial charge in [0.1, 0.15) is 5.75 Å². The van der Waals surface area contributed by atoms with E-state index < -0.39 is 0 Å². The average Bonchev–Trinajstić information content (AvgIpc) is 3.28. The number of thioether (sulfide) groups is 1. The molecule has 8 heteroatoms. The summed E-state index contributed by atoms with van der Waals surface area (Å²) in [5, 5.41) is 15.9. The van der Waals surface area contributed by atoms with Gasteiger partial charge in [0.05, 0.1) is 19.4 Å². The summed E-state index contributed by atoms with van der Waals surface area (Å²) < 4.78 is 7.27. The molecule has 0 unspecified atom stereocenters. The largest absolute Gasteiger partial charge is 0.497 e. The minimum absolute atomic E-state index is 0.0905. The number of aromatic nitrogens is 3. The number of rotatable bonds is 9. The van der Waals surface area contributed by atoms with E-state index in [1.54, 1.807) is 7.11 Å². The van der Waals surface area contributed by atoms with Crippen LogP contribution in [0.4, 0.5) is 11.4 Å². The van der Waals surface area contributed by atoms with Gasteiger partial charge in [-0.3, -0.25) is 9.36 Å². The summed E-state index contributed by atoms with van der Waals surface area (Å²) in [6.45, 7) is 6.58. The minimum atomic E-state index is -0.0905. The van der Waals surface area contributed by atoms with Crippen LogP contribution in [0.25, 0.3) is 5.69 Å². The Labute approximate surface area is 209 Å². The molecule has 0 radical (unpaired) electrons. The lowest BCUT2D eigenvalue weighted by Gasteiger charge is -2.13. The number of hydrogen-bond donors (Lipinski definition) is 2. The fraction of sp³-hybridized carbons (Fsp3) is 0.222.